The lowest BCUT2D eigenvalue weighted by molar-refractivity contribution is -0.385. The van der Waals surface area contributed by atoms with Crippen LogP contribution in [0.1, 0.15) is 5.56 Å². The molecular formula is C9H7NO6. The quantitative estimate of drug-likeness (QED) is 0.431. The van der Waals surface area contributed by atoms with Gasteiger partial charge >= 0.3 is 0 Å². The second-order valence-electron chi connectivity index (χ2n) is 3.00. The molecule has 0 atom stereocenters. The molecule has 1 heterocycles. The Hall–Kier alpha value is -2.31. The van der Waals surface area contributed by atoms with Crippen molar-refractivity contribution in [3.05, 3.63) is 27.8 Å². The van der Waals surface area contributed by atoms with Crippen molar-refractivity contribution < 1.29 is 23.9 Å². The first kappa shape index (κ1) is 10.2. The van der Waals surface area contributed by atoms with Crippen LogP contribution in [0.15, 0.2) is 12.1 Å². The molecule has 1 aliphatic heterocycles. The summed E-state index contributed by atoms with van der Waals surface area (Å²) in [6.07, 6.45) is 0. The van der Waals surface area contributed by atoms with Crippen molar-refractivity contribution in [2.24, 2.45) is 0 Å². The van der Waals surface area contributed by atoms with E-state index in [0.717, 1.165) is 0 Å². The summed E-state index contributed by atoms with van der Waals surface area (Å²) >= 11 is 0. The highest BCUT2D eigenvalue weighted by molar-refractivity contribution is 5.55. The van der Waals surface area contributed by atoms with Crippen LogP contribution in [-0.4, -0.2) is 18.2 Å². The molecule has 1 aliphatic rings. The molecule has 0 radical (unpaired) electrons. The molecule has 0 amide bonds. The van der Waals surface area contributed by atoms with Gasteiger partial charge in [-0.05, 0) is 6.07 Å². The number of hydrogen-bond donors (Lipinski definition) is 0. The molecule has 84 valence electrons. The Morgan fingerprint density at radius 3 is 2.75 bits per heavy atom. The largest absolute Gasteiger partial charge is 0.463 e. The lowest BCUT2D eigenvalue weighted by Gasteiger charge is -2.03. The van der Waals surface area contributed by atoms with Gasteiger partial charge in [-0.1, -0.05) is 0 Å². The van der Waals surface area contributed by atoms with E-state index in [1.807, 2.05) is 0 Å². The molecule has 0 saturated carbocycles. The smallest absolute Gasteiger partial charge is 0.293 e. The summed E-state index contributed by atoms with van der Waals surface area (Å²) in [6.45, 7) is 0.0925. The molecular weight excluding hydrogens is 218 g/mol. The SMILES string of the molecule is O=COCc1cc2c(cc1[N+](=O)[O-])OCO2. The van der Waals surface area contributed by atoms with Crippen molar-refractivity contribution in [1.82, 2.24) is 0 Å². The van der Waals surface area contributed by atoms with Gasteiger partial charge in [0.05, 0.1) is 16.6 Å². The van der Waals surface area contributed by atoms with Gasteiger partial charge in [-0.3, -0.25) is 14.9 Å². The molecule has 0 N–H and O–H groups in total. The minimum absolute atomic E-state index is 0.0322. The molecule has 2 rings (SSSR count). The average molecular weight is 225 g/mol. The number of nitro groups is 1. The number of carbonyl (C=O) groups excluding carboxylic acids is 1. The van der Waals surface area contributed by atoms with Crippen LogP contribution in [0.5, 0.6) is 11.5 Å². The van der Waals surface area contributed by atoms with Gasteiger partial charge in [-0.2, -0.15) is 0 Å². The molecule has 0 saturated heterocycles. The molecule has 7 nitrogen and oxygen atoms in total. The average Bonchev–Trinajstić information content (AvgIpc) is 2.71. The number of hydrogen-bond acceptors (Lipinski definition) is 6. The lowest BCUT2D eigenvalue weighted by Crippen LogP contribution is -1.98. The summed E-state index contributed by atoms with van der Waals surface area (Å²) in [5, 5.41) is 10.8. The fraction of sp³-hybridized carbons (Fsp3) is 0.222. The van der Waals surface area contributed by atoms with E-state index in [1.165, 1.54) is 12.1 Å². The maximum absolute atomic E-state index is 10.8. The van der Waals surface area contributed by atoms with Crippen LogP contribution >= 0.6 is 0 Å². The van der Waals surface area contributed by atoms with Crippen molar-refractivity contribution in [2.45, 2.75) is 6.61 Å². The molecule has 0 bridgehead atoms. The second-order valence-corrected chi connectivity index (χ2v) is 3.00. The van der Waals surface area contributed by atoms with E-state index in [4.69, 9.17) is 9.47 Å². The second kappa shape index (κ2) is 4.05. The fourth-order valence-corrected chi connectivity index (χ4v) is 1.38. The van der Waals surface area contributed by atoms with Crippen molar-refractivity contribution in [1.29, 1.82) is 0 Å². The van der Waals surface area contributed by atoms with Gasteiger partial charge in [0, 0.05) is 0 Å². The number of fused-ring (bicyclic) bond motifs is 1. The monoisotopic (exact) mass is 225 g/mol. The van der Waals surface area contributed by atoms with Crippen LogP contribution in [0.25, 0.3) is 0 Å². The van der Waals surface area contributed by atoms with Gasteiger partial charge in [0.1, 0.15) is 6.61 Å². The van der Waals surface area contributed by atoms with Crippen LogP contribution < -0.4 is 9.47 Å². The van der Waals surface area contributed by atoms with Crippen LogP contribution in [0.3, 0.4) is 0 Å². The highest BCUT2D eigenvalue weighted by Crippen LogP contribution is 2.38. The molecule has 7 heteroatoms. The van der Waals surface area contributed by atoms with Gasteiger partial charge in [0.2, 0.25) is 6.79 Å². The minimum Gasteiger partial charge on any atom is -0.463 e. The van der Waals surface area contributed by atoms with Crippen molar-refractivity contribution in [2.75, 3.05) is 6.79 Å². The molecule has 0 fully saturated rings. The summed E-state index contributed by atoms with van der Waals surface area (Å²) < 4.78 is 14.6. The normalized spacial score (nSPS) is 12.2. The topological polar surface area (TPSA) is 87.9 Å². The van der Waals surface area contributed by atoms with E-state index in [0.29, 0.717) is 11.5 Å². The van der Waals surface area contributed by atoms with Gasteiger partial charge < -0.3 is 14.2 Å². The number of nitro benzene ring substituents is 1. The molecule has 0 spiro atoms. The van der Waals surface area contributed by atoms with Crippen LogP contribution in [0.2, 0.25) is 0 Å². The maximum Gasteiger partial charge on any atom is 0.293 e. The van der Waals surface area contributed by atoms with Crippen LogP contribution in [-0.2, 0) is 16.1 Å². The van der Waals surface area contributed by atoms with Gasteiger partial charge in [0.15, 0.2) is 11.5 Å². The van der Waals surface area contributed by atoms with Crippen LogP contribution in [0, 0.1) is 10.1 Å². The van der Waals surface area contributed by atoms with E-state index < -0.39 is 4.92 Å². The Bertz CT molecular complexity index is 444. The molecule has 16 heavy (non-hydrogen) atoms. The highest BCUT2D eigenvalue weighted by Gasteiger charge is 2.23. The van der Waals surface area contributed by atoms with E-state index in [9.17, 15) is 14.9 Å². The first-order chi connectivity index (χ1) is 7.72. The standard InChI is InChI=1S/C9H7NO6/c11-4-14-3-6-1-8-9(16-5-15-8)2-7(6)10(12)13/h1-2,4H,3,5H2. The van der Waals surface area contributed by atoms with Crippen LogP contribution in [0.4, 0.5) is 5.69 Å². The molecule has 0 aromatic heterocycles. The van der Waals surface area contributed by atoms with E-state index >= 15 is 0 Å². The Kier molecular flexibility index (Phi) is 2.59. The zero-order valence-electron chi connectivity index (χ0n) is 8.04. The van der Waals surface area contributed by atoms with E-state index in [1.54, 1.807) is 0 Å². The number of rotatable bonds is 4. The first-order valence-corrected chi connectivity index (χ1v) is 4.34. The van der Waals surface area contributed by atoms with Gasteiger partial charge in [0.25, 0.3) is 12.2 Å². The minimum atomic E-state index is -0.564. The van der Waals surface area contributed by atoms with E-state index in [2.05, 4.69) is 4.74 Å². The predicted molar refractivity (Wildman–Crippen MR) is 50.1 cm³/mol. The molecule has 1 aromatic rings. The summed E-state index contributed by atoms with van der Waals surface area (Å²) in [7, 11) is 0. The Labute approximate surface area is 89.7 Å². The number of nitrogens with zero attached hydrogens (tertiary/aromatic N) is 1. The fourth-order valence-electron chi connectivity index (χ4n) is 1.38. The van der Waals surface area contributed by atoms with E-state index in [-0.39, 0.29) is 31.1 Å². The highest BCUT2D eigenvalue weighted by atomic mass is 16.7. The number of benzene rings is 1. The third-order valence-corrected chi connectivity index (χ3v) is 2.08. The first-order valence-electron chi connectivity index (χ1n) is 4.34. The summed E-state index contributed by atoms with van der Waals surface area (Å²) in [6, 6.07) is 2.69. The number of carbonyl (C=O) groups is 1. The Balaban J connectivity index is 2.40. The van der Waals surface area contributed by atoms with Crippen molar-refractivity contribution in [3.63, 3.8) is 0 Å². The number of ether oxygens (including phenoxy) is 3. The zero-order valence-corrected chi connectivity index (χ0v) is 8.04. The van der Waals surface area contributed by atoms with Crippen molar-refractivity contribution >= 4 is 12.2 Å². The Morgan fingerprint density at radius 1 is 1.44 bits per heavy atom. The summed E-state index contributed by atoms with van der Waals surface area (Å²) in [4.78, 5) is 20.2. The predicted octanol–water partition coefficient (Wildman–Crippen LogP) is 0.996. The van der Waals surface area contributed by atoms with Gasteiger partial charge in [-0.15, -0.1) is 0 Å². The zero-order chi connectivity index (χ0) is 11.5. The summed E-state index contributed by atoms with van der Waals surface area (Å²) in [5.74, 6) is 0.733. The third-order valence-electron chi connectivity index (χ3n) is 2.08. The molecule has 0 aliphatic carbocycles. The maximum atomic E-state index is 10.8. The van der Waals surface area contributed by atoms with Crippen molar-refractivity contribution in [3.8, 4) is 11.5 Å². The van der Waals surface area contributed by atoms with Gasteiger partial charge in [-0.25, -0.2) is 0 Å². The third kappa shape index (κ3) is 1.74. The Morgan fingerprint density at radius 2 is 2.12 bits per heavy atom. The lowest BCUT2D eigenvalue weighted by atomic mass is 10.1. The molecule has 0 unspecified atom stereocenters. The molecule has 1 aromatic carbocycles. The summed E-state index contributed by atoms with van der Waals surface area (Å²) in [5.41, 5.74) is 0.104.